The van der Waals surface area contributed by atoms with Gasteiger partial charge in [0.1, 0.15) is 35.3 Å². The van der Waals surface area contributed by atoms with Crippen molar-refractivity contribution in [3.8, 4) is 18.1 Å². The van der Waals surface area contributed by atoms with Crippen LogP contribution in [-0.2, 0) is 24.0 Å². The highest BCUT2D eigenvalue weighted by atomic mass is 16.5. The highest BCUT2D eigenvalue weighted by Gasteiger charge is 2.61. The fourth-order valence-corrected chi connectivity index (χ4v) is 8.06. The lowest BCUT2D eigenvalue weighted by molar-refractivity contribution is -0.147. The molecule has 4 aliphatic rings. The first-order valence-electron chi connectivity index (χ1n) is 19.9. The van der Waals surface area contributed by atoms with E-state index in [0.717, 1.165) is 42.0 Å². The molecule has 2 aliphatic heterocycles. The van der Waals surface area contributed by atoms with Crippen LogP contribution in [0.1, 0.15) is 104 Å². The number of rotatable bonds is 11. The van der Waals surface area contributed by atoms with E-state index in [0.29, 0.717) is 35.7 Å². The molecule has 0 spiro atoms. The first-order valence-corrected chi connectivity index (χ1v) is 19.9. The third kappa shape index (κ3) is 8.93. The van der Waals surface area contributed by atoms with Gasteiger partial charge in [0.15, 0.2) is 0 Å². The van der Waals surface area contributed by atoms with E-state index < -0.39 is 58.3 Å². The third-order valence-corrected chi connectivity index (χ3v) is 11.6. The molecule has 4 N–H and O–H groups in total. The Bertz CT molecular complexity index is 2090. The lowest BCUT2D eigenvalue weighted by Crippen LogP contribution is -2.59. The van der Waals surface area contributed by atoms with Gasteiger partial charge in [-0.3, -0.25) is 19.2 Å². The molecular formula is C45H55N5O7. The van der Waals surface area contributed by atoms with Crippen molar-refractivity contribution in [2.75, 3.05) is 6.54 Å². The number of aliphatic imine (C=N–C) groups is 1. The van der Waals surface area contributed by atoms with E-state index in [9.17, 15) is 29.1 Å². The zero-order valence-electron chi connectivity index (χ0n) is 33.9. The molecule has 3 fully saturated rings. The normalized spacial score (nSPS) is 23.9. The molecule has 0 bridgehead atoms. The van der Waals surface area contributed by atoms with Crippen LogP contribution in [0.25, 0.3) is 16.5 Å². The molecule has 302 valence electrons. The molecule has 2 aromatic carbocycles. The Labute approximate surface area is 335 Å². The molecule has 2 aliphatic carbocycles. The minimum absolute atomic E-state index is 0.00491. The second kappa shape index (κ2) is 15.8. The van der Waals surface area contributed by atoms with Crippen molar-refractivity contribution in [1.82, 2.24) is 20.9 Å². The Morgan fingerprint density at radius 3 is 2.44 bits per heavy atom. The lowest BCUT2D eigenvalue weighted by Gasteiger charge is -2.35. The van der Waals surface area contributed by atoms with Gasteiger partial charge in [-0.25, -0.2) is 9.79 Å². The summed E-state index contributed by atoms with van der Waals surface area (Å²) in [6.45, 7) is 14.8. The summed E-state index contributed by atoms with van der Waals surface area (Å²) in [5, 5.41) is 20.3. The lowest BCUT2D eigenvalue weighted by atomic mass is 9.85. The number of carboxylic acid groups (broad SMARTS) is 1. The fraction of sp³-hybridized carbons (Fsp3) is 0.511. The maximum atomic E-state index is 14.7. The number of aliphatic carboxylic acids is 1. The molecule has 2 aromatic rings. The van der Waals surface area contributed by atoms with Gasteiger partial charge in [0.05, 0.1) is 12.2 Å². The molecule has 5 atom stereocenters. The zero-order chi connectivity index (χ0) is 41.4. The Balaban J connectivity index is 1.32. The number of hydrogen-bond donors (Lipinski definition) is 4. The number of ether oxygens (including phenoxy) is 1. The van der Waals surface area contributed by atoms with E-state index in [4.69, 9.17) is 16.2 Å². The van der Waals surface area contributed by atoms with Crippen molar-refractivity contribution >= 4 is 51.9 Å². The predicted molar refractivity (Wildman–Crippen MR) is 219 cm³/mol. The standard InChI is InChI=1S/C45H55N5O7/c1-9-26-15-16-32-28(19-26)21-29(33-17-18-36(46-33)47-41(54)44(6,7)8)22-35(32)57-31-23-34(39(52)49-45(42(55)56)24-30(45)10-2)50(25-31)40(53)38(43(3,4)5)48-37(51)20-27-13-11-12-14-27/h1,10,15-17,19,21-22,27,30-31,34,38H,2,11-14,18,20,23-25H2,3-8H3,(H,48,51)(H,49,52)(H,55,56)(H,46,47,54). The number of nitrogens with one attached hydrogen (secondary N) is 3. The van der Waals surface area contributed by atoms with Gasteiger partial charge in [0.25, 0.3) is 0 Å². The van der Waals surface area contributed by atoms with E-state index >= 15 is 0 Å². The van der Waals surface area contributed by atoms with E-state index in [-0.39, 0.29) is 37.1 Å². The minimum atomic E-state index is -1.51. The van der Waals surface area contributed by atoms with Crippen LogP contribution >= 0.6 is 0 Å². The van der Waals surface area contributed by atoms with E-state index in [2.05, 4.69) is 28.4 Å². The molecule has 0 aromatic heterocycles. The first kappa shape index (κ1) is 41.2. The van der Waals surface area contributed by atoms with E-state index in [1.165, 1.54) is 11.0 Å². The average molecular weight is 778 g/mol. The summed E-state index contributed by atoms with van der Waals surface area (Å²) in [5.74, 6) is 0.920. The van der Waals surface area contributed by atoms with Crippen LogP contribution < -0.4 is 20.7 Å². The van der Waals surface area contributed by atoms with Crippen LogP contribution in [0, 0.1) is 35.0 Å². The number of amides is 4. The molecule has 4 amide bonds. The van der Waals surface area contributed by atoms with Crippen LogP contribution in [0.3, 0.4) is 0 Å². The summed E-state index contributed by atoms with van der Waals surface area (Å²) in [4.78, 5) is 73.4. The van der Waals surface area contributed by atoms with Gasteiger partial charge in [0, 0.05) is 47.1 Å². The quantitative estimate of drug-likeness (QED) is 0.167. The number of carbonyl (C=O) groups is 5. The summed E-state index contributed by atoms with van der Waals surface area (Å²) < 4.78 is 6.74. The van der Waals surface area contributed by atoms with Crippen molar-refractivity contribution in [2.45, 2.75) is 117 Å². The smallest absolute Gasteiger partial charge is 0.330 e. The van der Waals surface area contributed by atoms with Gasteiger partial charge >= 0.3 is 5.97 Å². The molecule has 5 unspecified atom stereocenters. The van der Waals surface area contributed by atoms with Crippen molar-refractivity contribution < 1.29 is 33.8 Å². The summed E-state index contributed by atoms with van der Waals surface area (Å²) in [5.41, 5.74) is -0.798. The molecular weight excluding hydrogens is 723 g/mol. The summed E-state index contributed by atoms with van der Waals surface area (Å²) in [6.07, 6.45) is 13.7. The maximum absolute atomic E-state index is 14.7. The van der Waals surface area contributed by atoms with Gasteiger partial charge in [-0.15, -0.1) is 13.0 Å². The summed E-state index contributed by atoms with van der Waals surface area (Å²) in [6, 6.07) is 7.30. The van der Waals surface area contributed by atoms with Crippen LogP contribution in [0.4, 0.5) is 0 Å². The van der Waals surface area contributed by atoms with Gasteiger partial charge in [-0.2, -0.15) is 0 Å². The SMILES string of the molecule is C#Cc1ccc2c(OC3CC(C(=O)NC4(C(=O)O)CC4C=C)N(C(=O)C(NC(=O)CC4CCCC4)C(C)(C)C)C3)cc(C3=CCC(NC(=O)C(C)(C)C)=N3)cc2c1. The largest absolute Gasteiger partial charge is 0.488 e. The maximum Gasteiger partial charge on any atom is 0.330 e. The van der Waals surface area contributed by atoms with Crippen molar-refractivity contribution in [3.05, 3.63) is 60.2 Å². The van der Waals surface area contributed by atoms with Crippen LogP contribution in [0.15, 0.2) is 54.1 Å². The van der Waals surface area contributed by atoms with Crippen molar-refractivity contribution in [1.29, 1.82) is 0 Å². The van der Waals surface area contributed by atoms with E-state index in [1.54, 1.807) is 0 Å². The molecule has 1 saturated heterocycles. The molecule has 2 heterocycles. The second-order valence-electron chi connectivity index (χ2n) is 18.1. The van der Waals surface area contributed by atoms with E-state index in [1.807, 2.05) is 78.0 Å². The topological polar surface area (TPSA) is 166 Å². The molecule has 57 heavy (non-hydrogen) atoms. The highest BCUT2D eigenvalue weighted by molar-refractivity contribution is 6.05. The van der Waals surface area contributed by atoms with Gasteiger partial charge in [-0.05, 0) is 66.3 Å². The highest BCUT2D eigenvalue weighted by Crippen LogP contribution is 2.45. The number of hydrogen-bond acceptors (Lipinski definition) is 7. The Morgan fingerprint density at radius 1 is 1.11 bits per heavy atom. The number of benzene rings is 2. The van der Waals surface area contributed by atoms with Crippen molar-refractivity contribution in [2.24, 2.45) is 27.7 Å². The molecule has 2 saturated carbocycles. The second-order valence-corrected chi connectivity index (χ2v) is 18.1. The van der Waals surface area contributed by atoms with Crippen LogP contribution in [0.2, 0.25) is 0 Å². The number of carboxylic acids is 1. The first-order chi connectivity index (χ1) is 26.8. The number of terminal acetylenes is 1. The molecule has 12 heteroatoms. The number of nitrogens with zero attached hydrogens (tertiary/aromatic N) is 2. The monoisotopic (exact) mass is 777 g/mol. The van der Waals surface area contributed by atoms with Crippen LogP contribution in [-0.4, -0.2) is 75.7 Å². The van der Waals surface area contributed by atoms with Gasteiger partial charge in [0.2, 0.25) is 23.6 Å². The summed E-state index contributed by atoms with van der Waals surface area (Å²) >= 11 is 0. The van der Waals surface area contributed by atoms with Crippen LogP contribution in [0.5, 0.6) is 5.75 Å². The predicted octanol–water partition coefficient (Wildman–Crippen LogP) is 5.73. The molecule has 12 nitrogen and oxygen atoms in total. The average Bonchev–Trinajstić information content (AvgIpc) is 3.56. The molecule has 0 radical (unpaired) electrons. The number of carbonyl (C=O) groups excluding carboxylic acids is 4. The number of fused-ring (bicyclic) bond motifs is 1. The number of amidine groups is 1. The third-order valence-electron chi connectivity index (χ3n) is 11.6. The zero-order valence-corrected chi connectivity index (χ0v) is 33.9. The molecule has 6 rings (SSSR count). The van der Waals surface area contributed by atoms with Crippen molar-refractivity contribution in [3.63, 3.8) is 0 Å². The minimum Gasteiger partial charge on any atom is -0.488 e. The van der Waals surface area contributed by atoms with Gasteiger partial charge < -0.3 is 30.7 Å². The Hall–Kier alpha value is -5.44. The fourth-order valence-electron chi connectivity index (χ4n) is 8.06. The number of likely N-dealkylation sites (tertiary alicyclic amines) is 1. The summed E-state index contributed by atoms with van der Waals surface area (Å²) in [7, 11) is 0. The Kier molecular flexibility index (Phi) is 11.4. The Morgan fingerprint density at radius 2 is 1.82 bits per heavy atom. The van der Waals surface area contributed by atoms with Gasteiger partial charge in [-0.1, -0.05) is 72.5 Å².